The maximum Gasteiger partial charge on any atom is 0.227 e. The minimum Gasteiger partial charge on any atom is -0.352 e. The van der Waals surface area contributed by atoms with Gasteiger partial charge in [0, 0.05) is 26.1 Å². The summed E-state index contributed by atoms with van der Waals surface area (Å²) in [4.78, 5) is 28.8. The second kappa shape index (κ2) is 8.74. The molecule has 6 heteroatoms. The zero-order valence-corrected chi connectivity index (χ0v) is 16.4. The Kier molecular flexibility index (Phi) is 5.90. The largest absolute Gasteiger partial charge is 0.352 e. The van der Waals surface area contributed by atoms with E-state index in [-0.39, 0.29) is 30.5 Å². The van der Waals surface area contributed by atoms with Gasteiger partial charge in [-0.1, -0.05) is 36.4 Å². The van der Waals surface area contributed by atoms with Crippen LogP contribution in [0.5, 0.6) is 0 Å². The molecule has 2 amide bonds. The normalized spacial score (nSPS) is 19.7. The number of likely N-dealkylation sites (tertiary alicyclic amines) is 1. The predicted molar refractivity (Wildman–Crippen MR) is 110 cm³/mol. The molecule has 2 aromatic carbocycles. The number of anilines is 1. The van der Waals surface area contributed by atoms with Crippen molar-refractivity contribution in [2.45, 2.75) is 32.4 Å². The Bertz CT molecular complexity index is 895. The zero-order chi connectivity index (χ0) is 20.2. The SMILES string of the molecule is O=C(NCc1ccccc1CN1CCCC1)C1CC(=O)N(c2ccccc2F)C1. The van der Waals surface area contributed by atoms with Gasteiger partial charge in [-0.3, -0.25) is 14.5 Å². The summed E-state index contributed by atoms with van der Waals surface area (Å²) >= 11 is 0. The number of benzene rings is 2. The maximum atomic E-state index is 14.0. The summed E-state index contributed by atoms with van der Waals surface area (Å²) in [5.74, 6) is -1.29. The van der Waals surface area contributed by atoms with Crippen LogP contribution in [0.25, 0.3) is 0 Å². The summed E-state index contributed by atoms with van der Waals surface area (Å²) in [5.41, 5.74) is 2.57. The molecular formula is C23H26FN3O2. The van der Waals surface area contributed by atoms with E-state index in [0.717, 1.165) is 25.2 Å². The third kappa shape index (κ3) is 4.48. The number of nitrogens with one attached hydrogen (secondary N) is 1. The molecule has 152 valence electrons. The molecule has 2 aliphatic rings. The molecule has 2 aromatic rings. The van der Waals surface area contributed by atoms with Crippen LogP contribution in [0.1, 0.15) is 30.4 Å². The van der Waals surface area contributed by atoms with E-state index in [1.807, 2.05) is 18.2 Å². The van der Waals surface area contributed by atoms with Gasteiger partial charge in [0.15, 0.2) is 0 Å². The van der Waals surface area contributed by atoms with Crippen molar-refractivity contribution in [3.05, 3.63) is 65.5 Å². The second-order valence-corrected chi connectivity index (χ2v) is 7.83. The highest BCUT2D eigenvalue weighted by molar-refractivity contribution is 6.00. The molecule has 2 heterocycles. The van der Waals surface area contributed by atoms with Gasteiger partial charge < -0.3 is 10.2 Å². The lowest BCUT2D eigenvalue weighted by molar-refractivity contribution is -0.126. The summed E-state index contributed by atoms with van der Waals surface area (Å²) in [6.45, 7) is 3.79. The fourth-order valence-electron chi connectivity index (χ4n) is 4.18. The Hall–Kier alpha value is -2.73. The zero-order valence-electron chi connectivity index (χ0n) is 16.4. The van der Waals surface area contributed by atoms with Gasteiger partial charge in [-0.2, -0.15) is 0 Å². The lowest BCUT2D eigenvalue weighted by Crippen LogP contribution is -2.33. The van der Waals surface area contributed by atoms with Gasteiger partial charge in [0.2, 0.25) is 11.8 Å². The van der Waals surface area contributed by atoms with Crippen molar-refractivity contribution in [1.82, 2.24) is 10.2 Å². The van der Waals surface area contributed by atoms with Crippen LogP contribution in [0.15, 0.2) is 48.5 Å². The van der Waals surface area contributed by atoms with E-state index in [2.05, 4.69) is 16.3 Å². The van der Waals surface area contributed by atoms with E-state index in [4.69, 9.17) is 0 Å². The Morgan fingerprint density at radius 1 is 1.03 bits per heavy atom. The van der Waals surface area contributed by atoms with Gasteiger partial charge in [-0.05, 0) is 49.2 Å². The fourth-order valence-corrected chi connectivity index (χ4v) is 4.18. The van der Waals surface area contributed by atoms with E-state index in [1.165, 1.54) is 29.4 Å². The molecule has 0 radical (unpaired) electrons. The Morgan fingerprint density at radius 3 is 2.48 bits per heavy atom. The third-order valence-electron chi connectivity index (χ3n) is 5.80. The van der Waals surface area contributed by atoms with Crippen molar-refractivity contribution in [3.8, 4) is 0 Å². The van der Waals surface area contributed by atoms with E-state index in [1.54, 1.807) is 18.2 Å². The molecule has 2 fully saturated rings. The maximum absolute atomic E-state index is 14.0. The predicted octanol–water partition coefficient (Wildman–Crippen LogP) is 3.09. The first kappa shape index (κ1) is 19.6. The minimum atomic E-state index is -0.465. The molecule has 0 aliphatic carbocycles. The van der Waals surface area contributed by atoms with E-state index < -0.39 is 11.7 Å². The molecule has 0 aromatic heterocycles. The number of halogens is 1. The molecule has 1 unspecified atom stereocenters. The van der Waals surface area contributed by atoms with Crippen molar-refractivity contribution in [1.29, 1.82) is 0 Å². The fraction of sp³-hybridized carbons (Fsp3) is 0.391. The van der Waals surface area contributed by atoms with Crippen LogP contribution in [-0.4, -0.2) is 36.3 Å². The number of hydrogen-bond acceptors (Lipinski definition) is 3. The number of amides is 2. The standard InChI is InChI=1S/C23H26FN3O2/c24-20-9-3-4-10-21(20)27-16-19(13-22(27)28)23(29)25-14-17-7-1-2-8-18(17)15-26-11-5-6-12-26/h1-4,7-10,19H,5-6,11-16H2,(H,25,29). The Balaban J connectivity index is 1.37. The lowest BCUT2D eigenvalue weighted by atomic mass is 10.1. The summed E-state index contributed by atoms with van der Waals surface area (Å²) < 4.78 is 14.0. The molecule has 1 atom stereocenters. The summed E-state index contributed by atoms with van der Waals surface area (Å²) in [5, 5.41) is 2.98. The van der Waals surface area contributed by atoms with Crippen molar-refractivity contribution in [2.75, 3.05) is 24.5 Å². The van der Waals surface area contributed by atoms with Crippen LogP contribution in [0.3, 0.4) is 0 Å². The van der Waals surface area contributed by atoms with Crippen LogP contribution in [0.4, 0.5) is 10.1 Å². The average molecular weight is 395 g/mol. The molecule has 29 heavy (non-hydrogen) atoms. The number of carbonyl (C=O) groups is 2. The van der Waals surface area contributed by atoms with Crippen molar-refractivity contribution in [2.24, 2.45) is 5.92 Å². The van der Waals surface area contributed by atoms with Crippen LogP contribution < -0.4 is 10.2 Å². The highest BCUT2D eigenvalue weighted by Gasteiger charge is 2.36. The molecule has 2 saturated heterocycles. The number of para-hydroxylation sites is 1. The van der Waals surface area contributed by atoms with Crippen LogP contribution in [-0.2, 0) is 22.7 Å². The van der Waals surface area contributed by atoms with Crippen LogP contribution in [0, 0.1) is 11.7 Å². The van der Waals surface area contributed by atoms with Crippen molar-refractivity contribution in [3.63, 3.8) is 0 Å². The highest BCUT2D eigenvalue weighted by Crippen LogP contribution is 2.27. The summed E-state index contributed by atoms with van der Waals surface area (Å²) in [6, 6.07) is 14.3. The number of rotatable bonds is 6. The first-order valence-corrected chi connectivity index (χ1v) is 10.2. The van der Waals surface area contributed by atoms with Crippen LogP contribution in [0.2, 0.25) is 0 Å². The molecular weight excluding hydrogens is 369 g/mol. The first-order chi connectivity index (χ1) is 14.1. The molecule has 1 N–H and O–H groups in total. The molecule has 5 nitrogen and oxygen atoms in total. The monoisotopic (exact) mass is 395 g/mol. The first-order valence-electron chi connectivity index (χ1n) is 10.2. The number of nitrogens with zero attached hydrogens (tertiary/aromatic N) is 2. The highest BCUT2D eigenvalue weighted by atomic mass is 19.1. The molecule has 4 rings (SSSR count). The van der Waals surface area contributed by atoms with Crippen LogP contribution >= 0.6 is 0 Å². The molecule has 0 saturated carbocycles. The average Bonchev–Trinajstić information content (AvgIpc) is 3.37. The molecule has 2 aliphatic heterocycles. The third-order valence-corrected chi connectivity index (χ3v) is 5.80. The summed E-state index contributed by atoms with van der Waals surface area (Å²) in [7, 11) is 0. The van der Waals surface area contributed by atoms with Gasteiger partial charge in [0.25, 0.3) is 0 Å². The Morgan fingerprint density at radius 2 is 1.72 bits per heavy atom. The Labute approximate surface area is 170 Å². The smallest absolute Gasteiger partial charge is 0.227 e. The summed E-state index contributed by atoms with van der Waals surface area (Å²) in [6.07, 6.45) is 2.59. The van der Waals surface area contributed by atoms with Gasteiger partial charge >= 0.3 is 0 Å². The topological polar surface area (TPSA) is 52.7 Å². The van der Waals surface area contributed by atoms with E-state index in [0.29, 0.717) is 6.54 Å². The van der Waals surface area contributed by atoms with E-state index >= 15 is 0 Å². The minimum absolute atomic E-state index is 0.107. The molecule has 0 bridgehead atoms. The number of hydrogen-bond donors (Lipinski definition) is 1. The second-order valence-electron chi connectivity index (χ2n) is 7.83. The van der Waals surface area contributed by atoms with Crippen molar-refractivity contribution >= 4 is 17.5 Å². The number of carbonyl (C=O) groups excluding carboxylic acids is 2. The molecule has 0 spiro atoms. The van der Waals surface area contributed by atoms with Gasteiger partial charge in [0.05, 0.1) is 11.6 Å². The van der Waals surface area contributed by atoms with Gasteiger partial charge in [-0.25, -0.2) is 4.39 Å². The van der Waals surface area contributed by atoms with Crippen molar-refractivity contribution < 1.29 is 14.0 Å². The van der Waals surface area contributed by atoms with Gasteiger partial charge in [0.1, 0.15) is 5.82 Å². The van der Waals surface area contributed by atoms with Gasteiger partial charge in [-0.15, -0.1) is 0 Å². The quantitative estimate of drug-likeness (QED) is 0.818. The van der Waals surface area contributed by atoms with E-state index in [9.17, 15) is 14.0 Å². The lowest BCUT2D eigenvalue weighted by Gasteiger charge is -2.19.